The monoisotopic (exact) mass is 302 g/mol. The molecular formula is C10H11BrN2S2. The lowest BCUT2D eigenvalue weighted by Crippen LogP contribution is -2.17. The quantitative estimate of drug-likeness (QED) is 0.935. The summed E-state index contributed by atoms with van der Waals surface area (Å²) in [5, 5.41) is 5.46. The van der Waals surface area contributed by atoms with Crippen molar-refractivity contribution in [2.75, 3.05) is 7.05 Å². The Balaban J connectivity index is 2.11. The van der Waals surface area contributed by atoms with Crippen molar-refractivity contribution >= 4 is 38.6 Å². The molecule has 0 aliphatic carbocycles. The van der Waals surface area contributed by atoms with Crippen LogP contribution in [0.1, 0.15) is 15.8 Å². The maximum Gasteiger partial charge on any atom is 0.0794 e. The maximum atomic E-state index is 4.09. The van der Waals surface area contributed by atoms with Gasteiger partial charge in [0.15, 0.2) is 0 Å². The van der Waals surface area contributed by atoms with Gasteiger partial charge in [-0.2, -0.15) is 0 Å². The van der Waals surface area contributed by atoms with Gasteiger partial charge >= 0.3 is 0 Å². The summed E-state index contributed by atoms with van der Waals surface area (Å²) in [4.78, 5) is 6.77. The van der Waals surface area contributed by atoms with Gasteiger partial charge in [0.1, 0.15) is 0 Å². The highest BCUT2D eigenvalue weighted by Crippen LogP contribution is 2.28. The van der Waals surface area contributed by atoms with E-state index in [0.717, 1.165) is 10.9 Å². The first-order valence-electron chi connectivity index (χ1n) is 4.58. The van der Waals surface area contributed by atoms with Crippen molar-refractivity contribution < 1.29 is 0 Å². The van der Waals surface area contributed by atoms with E-state index in [1.165, 1.54) is 9.75 Å². The van der Waals surface area contributed by atoms with Gasteiger partial charge in [-0.05, 0) is 29.0 Å². The highest BCUT2D eigenvalue weighted by Gasteiger charge is 2.12. The first-order valence-corrected chi connectivity index (χ1v) is 7.13. The molecule has 5 heteroatoms. The second-order valence-corrected chi connectivity index (χ2v) is 6.01. The molecule has 2 aromatic heterocycles. The molecule has 2 heterocycles. The van der Waals surface area contributed by atoms with Gasteiger partial charge in [0, 0.05) is 38.3 Å². The number of rotatable bonds is 4. The molecule has 0 aromatic carbocycles. The normalized spacial score (nSPS) is 12.9. The number of hydrogen-bond donors (Lipinski definition) is 1. The fourth-order valence-corrected chi connectivity index (χ4v) is 3.60. The van der Waals surface area contributed by atoms with Crippen LogP contribution in [0.15, 0.2) is 27.6 Å². The Labute approximate surface area is 106 Å². The van der Waals surface area contributed by atoms with E-state index in [2.05, 4.69) is 37.7 Å². The molecule has 2 aromatic rings. The van der Waals surface area contributed by atoms with E-state index in [1.807, 2.05) is 18.8 Å². The number of halogens is 1. The van der Waals surface area contributed by atoms with Crippen LogP contribution in [-0.2, 0) is 6.42 Å². The van der Waals surface area contributed by atoms with Crippen LogP contribution in [0.2, 0.25) is 0 Å². The largest absolute Gasteiger partial charge is 0.312 e. The van der Waals surface area contributed by atoms with Gasteiger partial charge in [-0.15, -0.1) is 22.7 Å². The molecule has 15 heavy (non-hydrogen) atoms. The first-order chi connectivity index (χ1) is 7.29. The number of thiazole rings is 1. The van der Waals surface area contributed by atoms with Crippen molar-refractivity contribution in [2.24, 2.45) is 0 Å². The Hall–Kier alpha value is -0.230. The number of thiophene rings is 1. The standard InChI is InChI=1S/C10H11BrN2S2/c1-12-9(3-8-4-13-6-15-8)10-2-7(11)5-14-10/h2,4-6,9,12H,3H2,1H3. The lowest BCUT2D eigenvalue weighted by atomic mass is 10.1. The van der Waals surface area contributed by atoms with Gasteiger partial charge in [-0.25, -0.2) is 0 Å². The van der Waals surface area contributed by atoms with E-state index in [9.17, 15) is 0 Å². The molecule has 0 bridgehead atoms. The summed E-state index contributed by atoms with van der Waals surface area (Å²) in [6.07, 6.45) is 2.95. The summed E-state index contributed by atoms with van der Waals surface area (Å²) >= 11 is 6.97. The smallest absolute Gasteiger partial charge is 0.0794 e. The van der Waals surface area contributed by atoms with E-state index >= 15 is 0 Å². The summed E-state index contributed by atoms with van der Waals surface area (Å²) in [6, 6.07) is 2.56. The van der Waals surface area contributed by atoms with Crippen LogP contribution < -0.4 is 5.32 Å². The fraction of sp³-hybridized carbons (Fsp3) is 0.300. The molecule has 0 saturated heterocycles. The summed E-state index contributed by atoms with van der Waals surface area (Å²) in [5.41, 5.74) is 1.88. The van der Waals surface area contributed by atoms with Crippen molar-refractivity contribution in [3.8, 4) is 0 Å². The third-order valence-corrected chi connectivity index (χ3v) is 4.78. The first kappa shape index (κ1) is 11.3. The minimum absolute atomic E-state index is 0.391. The molecule has 1 N–H and O–H groups in total. The minimum Gasteiger partial charge on any atom is -0.312 e. The summed E-state index contributed by atoms with van der Waals surface area (Å²) in [5.74, 6) is 0. The number of nitrogens with zero attached hydrogens (tertiary/aromatic N) is 1. The molecule has 2 rings (SSSR count). The van der Waals surface area contributed by atoms with Crippen LogP contribution >= 0.6 is 38.6 Å². The molecule has 1 atom stereocenters. The molecule has 0 saturated carbocycles. The Morgan fingerprint density at radius 2 is 2.40 bits per heavy atom. The highest BCUT2D eigenvalue weighted by molar-refractivity contribution is 9.10. The Morgan fingerprint density at radius 1 is 1.53 bits per heavy atom. The zero-order chi connectivity index (χ0) is 10.7. The van der Waals surface area contributed by atoms with Crippen LogP contribution in [0, 0.1) is 0 Å². The van der Waals surface area contributed by atoms with Gasteiger partial charge in [0.05, 0.1) is 5.51 Å². The highest BCUT2D eigenvalue weighted by atomic mass is 79.9. The van der Waals surface area contributed by atoms with Gasteiger partial charge in [-0.3, -0.25) is 4.98 Å². The lowest BCUT2D eigenvalue weighted by Gasteiger charge is -2.12. The number of likely N-dealkylation sites (N-methyl/N-ethyl adjacent to an activating group) is 1. The van der Waals surface area contributed by atoms with E-state index < -0.39 is 0 Å². The molecule has 0 spiro atoms. The zero-order valence-electron chi connectivity index (χ0n) is 8.24. The molecule has 0 aliphatic rings. The van der Waals surface area contributed by atoms with Crippen LogP contribution in [0.5, 0.6) is 0 Å². The predicted octanol–water partition coefficient (Wildman–Crippen LogP) is 3.47. The van der Waals surface area contributed by atoms with Gasteiger partial charge in [-0.1, -0.05) is 0 Å². The topological polar surface area (TPSA) is 24.9 Å². The van der Waals surface area contributed by atoms with E-state index in [-0.39, 0.29) is 0 Å². The maximum absolute atomic E-state index is 4.09. The van der Waals surface area contributed by atoms with E-state index in [1.54, 1.807) is 22.7 Å². The molecule has 0 aliphatic heterocycles. The van der Waals surface area contributed by atoms with E-state index in [0.29, 0.717) is 6.04 Å². The molecule has 1 unspecified atom stereocenters. The molecule has 2 nitrogen and oxygen atoms in total. The molecule has 0 amide bonds. The second-order valence-electron chi connectivity index (χ2n) is 3.18. The Kier molecular flexibility index (Phi) is 3.91. The van der Waals surface area contributed by atoms with Gasteiger partial charge in [0.25, 0.3) is 0 Å². The molecule has 80 valence electrons. The summed E-state index contributed by atoms with van der Waals surface area (Å²) in [7, 11) is 2.00. The van der Waals surface area contributed by atoms with Crippen LogP contribution in [0.4, 0.5) is 0 Å². The average Bonchev–Trinajstić information content (AvgIpc) is 2.85. The third-order valence-electron chi connectivity index (χ3n) is 2.17. The SMILES string of the molecule is CNC(Cc1cncs1)c1cc(Br)cs1. The van der Waals surface area contributed by atoms with Gasteiger partial charge in [0.2, 0.25) is 0 Å². The van der Waals surface area contributed by atoms with Crippen molar-refractivity contribution in [1.29, 1.82) is 0 Å². The number of aromatic nitrogens is 1. The second kappa shape index (κ2) is 5.21. The van der Waals surface area contributed by atoms with Crippen molar-refractivity contribution in [1.82, 2.24) is 10.3 Å². The fourth-order valence-electron chi connectivity index (χ4n) is 1.40. The van der Waals surface area contributed by atoms with Crippen LogP contribution in [0.3, 0.4) is 0 Å². The summed E-state index contributed by atoms with van der Waals surface area (Å²) < 4.78 is 1.16. The predicted molar refractivity (Wildman–Crippen MR) is 69.6 cm³/mol. The Bertz CT molecular complexity index is 411. The van der Waals surface area contributed by atoms with Crippen LogP contribution in [0.25, 0.3) is 0 Å². The average molecular weight is 303 g/mol. The lowest BCUT2D eigenvalue weighted by molar-refractivity contribution is 0.606. The van der Waals surface area contributed by atoms with Crippen LogP contribution in [-0.4, -0.2) is 12.0 Å². The molecule has 0 fully saturated rings. The third kappa shape index (κ3) is 2.87. The zero-order valence-corrected chi connectivity index (χ0v) is 11.5. The Morgan fingerprint density at radius 3 is 2.93 bits per heavy atom. The summed E-state index contributed by atoms with van der Waals surface area (Å²) in [6.45, 7) is 0. The molecule has 0 radical (unpaired) electrons. The molecular weight excluding hydrogens is 292 g/mol. The van der Waals surface area contributed by atoms with E-state index in [4.69, 9.17) is 0 Å². The van der Waals surface area contributed by atoms with Gasteiger partial charge < -0.3 is 5.32 Å². The number of hydrogen-bond acceptors (Lipinski definition) is 4. The van der Waals surface area contributed by atoms with Crippen molar-refractivity contribution in [3.63, 3.8) is 0 Å². The van der Waals surface area contributed by atoms with Crippen molar-refractivity contribution in [3.05, 3.63) is 37.4 Å². The number of nitrogens with one attached hydrogen (secondary N) is 1. The minimum atomic E-state index is 0.391. The van der Waals surface area contributed by atoms with Crippen molar-refractivity contribution in [2.45, 2.75) is 12.5 Å².